The number of ketones is 1. The Kier molecular flexibility index (Phi) is 4.84. The topological polar surface area (TPSA) is 20.3 Å². The third-order valence-corrected chi connectivity index (χ3v) is 5.01. The van der Waals surface area contributed by atoms with Gasteiger partial charge < -0.3 is 4.90 Å². The van der Waals surface area contributed by atoms with Gasteiger partial charge in [0.2, 0.25) is 0 Å². The number of hydrogen-bond donors (Lipinski definition) is 0. The molecule has 0 bridgehead atoms. The quantitative estimate of drug-likeness (QED) is 0.781. The van der Waals surface area contributed by atoms with Crippen molar-refractivity contribution in [1.82, 2.24) is 4.90 Å². The molecule has 0 N–H and O–H groups in total. The second kappa shape index (κ2) is 7.01. The summed E-state index contributed by atoms with van der Waals surface area (Å²) in [6, 6.07) is 12.6. The predicted octanol–water partition coefficient (Wildman–Crippen LogP) is 3.89. The zero-order valence-corrected chi connectivity index (χ0v) is 13.0. The molecule has 1 aliphatic rings. The van der Waals surface area contributed by atoms with Crippen molar-refractivity contribution in [2.45, 2.75) is 19.3 Å². The van der Waals surface area contributed by atoms with Crippen molar-refractivity contribution in [3.63, 3.8) is 0 Å². The largest absolute Gasteiger partial charge is 0.303 e. The molecule has 3 heteroatoms. The van der Waals surface area contributed by atoms with Crippen molar-refractivity contribution in [1.29, 1.82) is 0 Å². The van der Waals surface area contributed by atoms with Gasteiger partial charge in [0, 0.05) is 23.4 Å². The summed E-state index contributed by atoms with van der Waals surface area (Å²) in [5, 5.41) is 3.96. The highest BCUT2D eigenvalue weighted by Crippen LogP contribution is 2.23. The maximum atomic E-state index is 12.3. The van der Waals surface area contributed by atoms with E-state index in [-0.39, 0.29) is 5.92 Å². The molecule has 1 aromatic carbocycles. The predicted molar refractivity (Wildman–Crippen MR) is 88.0 cm³/mol. The van der Waals surface area contributed by atoms with Crippen LogP contribution >= 0.6 is 11.3 Å². The first-order valence-electron chi connectivity index (χ1n) is 7.65. The fourth-order valence-corrected chi connectivity index (χ4v) is 3.64. The van der Waals surface area contributed by atoms with Gasteiger partial charge in [0.05, 0.1) is 0 Å². The van der Waals surface area contributed by atoms with Crippen LogP contribution in [0.5, 0.6) is 0 Å². The molecule has 1 aliphatic heterocycles. The van der Waals surface area contributed by atoms with E-state index in [9.17, 15) is 4.79 Å². The van der Waals surface area contributed by atoms with Gasteiger partial charge in [-0.3, -0.25) is 4.79 Å². The minimum absolute atomic E-state index is 0.229. The Bertz CT molecular complexity index is 556. The molecule has 2 nitrogen and oxygen atoms in total. The number of benzene rings is 1. The van der Waals surface area contributed by atoms with Crippen LogP contribution < -0.4 is 0 Å². The van der Waals surface area contributed by atoms with Gasteiger partial charge in [-0.2, -0.15) is 11.3 Å². The Hall–Kier alpha value is -1.45. The number of hydrogen-bond acceptors (Lipinski definition) is 3. The highest BCUT2D eigenvalue weighted by atomic mass is 32.1. The molecule has 2 heterocycles. The number of carbonyl (C=O) groups is 1. The summed E-state index contributed by atoms with van der Waals surface area (Å²) in [4.78, 5) is 14.8. The number of piperidine rings is 1. The van der Waals surface area contributed by atoms with Crippen LogP contribution in [0.15, 0.2) is 47.2 Å². The van der Waals surface area contributed by atoms with Crippen molar-refractivity contribution in [3.05, 3.63) is 58.3 Å². The fraction of sp³-hybridized carbons (Fsp3) is 0.389. The van der Waals surface area contributed by atoms with Crippen molar-refractivity contribution < 1.29 is 4.79 Å². The lowest BCUT2D eigenvalue weighted by atomic mass is 9.90. The van der Waals surface area contributed by atoms with E-state index in [4.69, 9.17) is 0 Å². The van der Waals surface area contributed by atoms with Gasteiger partial charge in [-0.1, -0.05) is 30.3 Å². The van der Waals surface area contributed by atoms with Gasteiger partial charge in [-0.25, -0.2) is 0 Å². The Labute approximate surface area is 130 Å². The maximum absolute atomic E-state index is 12.3. The zero-order chi connectivity index (χ0) is 14.5. The number of rotatable bonds is 5. The van der Waals surface area contributed by atoms with Crippen LogP contribution in [0.2, 0.25) is 0 Å². The van der Waals surface area contributed by atoms with Crippen LogP contribution in [-0.2, 0) is 6.42 Å². The van der Waals surface area contributed by atoms with E-state index in [0.29, 0.717) is 5.78 Å². The van der Waals surface area contributed by atoms with Crippen LogP contribution in [0.25, 0.3) is 0 Å². The molecule has 1 aromatic heterocycles. The molecule has 0 aliphatic carbocycles. The Morgan fingerprint density at radius 2 is 1.90 bits per heavy atom. The molecule has 110 valence electrons. The Morgan fingerprint density at radius 3 is 2.57 bits per heavy atom. The lowest BCUT2D eigenvalue weighted by Gasteiger charge is -2.31. The summed E-state index contributed by atoms with van der Waals surface area (Å²) in [5.74, 6) is 0.575. The lowest BCUT2D eigenvalue weighted by molar-refractivity contribution is 0.0841. The van der Waals surface area contributed by atoms with E-state index in [1.807, 2.05) is 16.8 Å². The Morgan fingerprint density at radius 1 is 1.14 bits per heavy atom. The first-order chi connectivity index (χ1) is 10.3. The van der Waals surface area contributed by atoms with E-state index in [0.717, 1.165) is 44.5 Å². The van der Waals surface area contributed by atoms with Crippen LogP contribution in [0.1, 0.15) is 28.8 Å². The standard InChI is InChI=1S/C18H21NOS/c20-18(17-9-13-21-14-17)16-7-11-19(12-8-16)10-6-15-4-2-1-3-5-15/h1-5,9,13-14,16H,6-8,10-12H2. The summed E-state index contributed by atoms with van der Waals surface area (Å²) in [6.45, 7) is 3.20. The van der Waals surface area contributed by atoms with E-state index >= 15 is 0 Å². The molecular weight excluding hydrogens is 278 g/mol. The monoisotopic (exact) mass is 299 g/mol. The van der Waals surface area contributed by atoms with Crippen LogP contribution in [0.4, 0.5) is 0 Å². The molecule has 0 saturated carbocycles. The van der Waals surface area contributed by atoms with Gasteiger partial charge in [0.15, 0.2) is 5.78 Å². The maximum Gasteiger partial charge on any atom is 0.166 e. The third-order valence-electron chi connectivity index (χ3n) is 4.32. The number of Topliss-reactive ketones (excluding diaryl/α,β-unsaturated/α-hetero) is 1. The lowest BCUT2D eigenvalue weighted by Crippen LogP contribution is -2.37. The molecular formula is C18H21NOS. The van der Waals surface area contributed by atoms with Gasteiger partial charge >= 0.3 is 0 Å². The molecule has 0 amide bonds. The van der Waals surface area contributed by atoms with Crippen molar-refractivity contribution >= 4 is 17.1 Å². The van der Waals surface area contributed by atoms with Crippen LogP contribution in [0.3, 0.4) is 0 Å². The molecule has 0 unspecified atom stereocenters. The van der Waals surface area contributed by atoms with E-state index < -0.39 is 0 Å². The van der Waals surface area contributed by atoms with E-state index in [1.54, 1.807) is 11.3 Å². The normalized spacial score (nSPS) is 17.0. The molecule has 1 fully saturated rings. The van der Waals surface area contributed by atoms with Crippen molar-refractivity contribution in [2.24, 2.45) is 5.92 Å². The second-order valence-electron chi connectivity index (χ2n) is 5.73. The average Bonchev–Trinajstić information content (AvgIpc) is 3.08. The molecule has 3 rings (SSSR count). The van der Waals surface area contributed by atoms with Crippen LogP contribution in [-0.4, -0.2) is 30.3 Å². The van der Waals surface area contributed by atoms with Crippen molar-refractivity contribution in [3.8, 4) is 0 Å². The highest BCUT2D eigenvalue weighted by molar-refractivity contribution is 7.08. The highest BCUT2D eigenvalue weighted by Gasteiger charge is 2.25. The van der Waals surface area contributed by atoms with Crippen LogP contribution in [0, 0.1) is 5.92 Å². The summed E-state index contributed by atoms with van der Waals surface area (Å²) in [7, 11) is 0. The Balaban J connectivity index is 1.46. The first-order valence-corrected chi connectivity index (χ1v) is 8.60. The molecule has 0 radical (unpaired) electrons. The zero-order valence-electron chi connectivity index (χ0n) is 12.2. The average molecular weight is 299 g/mol. The van der Waals surface area contributed by atoms with Crippen molar-refractivity contribution in [2.75, 3.05) is 19.6 Å². The van der Waals surface area contributed by atoms with Gasteiger partial charge in [0.1, 0.15) is 0 Å². The fourth-order valence-electron chi connectivity index (χ4n) is 2.99. The number of nitrogens with zero attached hydrogens (tertiary/aromatic N) is 1. The number of carbonyl (C=O) groups excluding carboxylic acids is 1. The van der Waals surface area contributed by atoms with Gasteiger partial charge in [0.25, 0.3) is 0 Å². The SMILES string of the molecule is O=C(c1ccsc1)C1CCN(CCc2ccccc2)CC1. The molecule has 1 saturated heterocycles. The minimum atomic E-state index is 0.229. The minimum Gasteiger partial charge on any atom is -0.303 e. The smallest absolute Gasteiger partial charge is 0.166 e. The van der Waals surface area contributed by atoms with Gasteiger partial charge in [-0.05, 0) is 49.4 Å². The first kappa shape index (κ1) is 14.5. The molecule has 0 atom stereocenters. The molecule has 21 heavy (non-hydrogen) atoms. The summed E-state index contributed by atoms with van der Waals surface area (Å²) in [6.07, 6.45) is 3.11. The van der Waals surface area contributed by atoms with E-state index in [2.05, 4.69) is 35.2 Å². The second-order valence-corrected chi connectivity index (χ2v) is 6.51. The summed E-state index contributed by atoms with van der Waals surface area (Å²) < 4.78 is 0. The summed E-state index contributed by atoms with van der Waals surface area (Å²) in [5.41, 5.74) is 2.30. The van der Waals surface area contributed by atoms with Gasteiger partial charge in [-0.15, -0.1) is 0 Å². The number of thiophene rings is 1. The number of likely N-dealkylation sites (tertiary alicyclic amines) is 1. The summed E-state index contributed by atoms with van der Waals surface area (Å²) >= 11 is 1.61. The molecule has 0 spiro atoms. The third kappa shape index (κ3) is 3.80. The molecule has 2 aromatic rings. The van der Waals surface area contributed by atoms with E-state index in [1.165, 1.54) is 5.56 Å².